The quantitative estimate of drug-likeness (QED) is 0.444. The molecule has 0 aliphatic rings. The lowest BCUT2D eigenvalue weighted by molar-refractivity contribution is 0.154. The third-order valence-corrected chi connectivity index (χ3v) is 2.04. The summed E-state index contributed by atoms with van der Waals surface area (Å²) in [6, 6.07) is 1.28. The molecule has 1 rings (SSSR count). The lowest BCUT2D eigenvalue weighted by Crippen LogP contribution is -2.32. The molecule has 0 saturated heterocycles. The van der Waals surface area contributed by atoms with Crippen LogP contribution in [-0.2, 0) is 6.54 Å². The molecule has 0 unspecified atom stereocenters. The van der Waals surface area contributed by atoms with Crippen molar-refractivity contribution in [2.45, 2.75) is 6.54 Å². The van der Waals surface area contributed by atoms with Gasteiger partial charge in [-0.15, -0.1) is 0 Å². The SMILES string of the molecule is O=c1cc(CN(CCO)CCO)[nH]c(=O)[nH]1. The molecule has 0 saturated carbocycles. The number of nitrogens with one attached hydrogen (secondary N) is 2. The van der Waals surface area contributed by atoms with E-state index in [0.717, 1.165) is 0 Å². The second kappa shape index (κ2) is 6.21. The van der Waals surface area contributed by atoms with E-state index in [-0.39, 0.29) is 13.2 Å². The number of aliphatic hydroxyl groups is 2. The third-order valence-electron chi connectivity index (χ3n) is 2.04. The molecule has 4 N–H and O–H groups in total. The Bertz CT molecular complexity index is 391. The topological polar surface area (TPSA) is 109 Å². The first-order chi connectivity index (χ1) is 7.65. The lowest BCUT2D eigenvalue weighted by atomic mass is 10.3. The predicted octanol–water partition coefficient (Wildman–Crippen LogP) is -2.15. The molecule has 0 atom stereocenters. The van der Waals surface area contributed by atoms with Gasteiger partial charge in [0, 0.05) is 31.4 Å². The van der Waals surface area contributed by atoms with E-state index in [1.54, 1.807) is 4.90 Å². The number of aliphatic hydroxyl groups excluding tert-OH is 2. The van der Waals surface area contributed by atoms with Gasteiger partial charge < -0.3 is 15.2 Å². The largest absolute Gasteiger partial charge is 0.395 e. The van der Waals surface area contributed by atoms with Crippen LogP contribution >= 0.6 is 0 Å². The zero-order valence-electron chi connectivity index (χ0n) is 8.77. The standard InChI is InChI=1S/C9H15N3O4/c13-3-1-12(2-4-14)6-7-5-8(15)11-9(16)10-7/h5,13-14H,1-4,6H2,(H2,10,11,15,16). The molecule has 1 aromatic rings. The number of aromatic nitrogens is 2. The first kappa shape index (κ1) is 12.6. The van der Waals surface area contributed by atoms with Crippen molar-refractivity contribution < 1.29 is 10.2 Å². The highest BCUT2D eigenvalue weighted by Crippen LogP contribution is 1.96. The summed E-state index contributed by atoms with van der Waals surface area (Å²) in [7, 11) is 0. The van der Waals surface area contributed by atoms with Crippen molar-refractivity contribution in [3.63, 3.8) is 0 Å². The fourth-order valence-electron chi connectivity index (χ4n) is 1.40. The Labute approximate surface area is 91.4 Å². The third kappa shape index (κ3) is 3.97. The summed E-state index contributed by atoms with van der Waals surface area (Å²) in [4.78, 5) is 28.3. The molecule has 0 fully saturated rings. The number of nitrogens with zero attached hydrogens (tertiary/aromatic N) is 1. The minimum Gasteiger partial charge on any atom is -0.395 e. The second-order valence-electron chi connectivity index (χ2n) is 3.34. The van der Waals surface area contributed by atoms with Gasteiger partial charge in [-0.05, 0) is 0 Å². The van der Waals surface area contributed by atoms with Crippen molar-refractivity contribution in [3.8, 4) is 0 Å². The molecule has 0 radical (unpaired) electrons. The molecular weight excluding hydrogens is 214 g/mol. The summed E-state index contributed by atoms with van der Waals surface area (Å²) in [6.45, 7) is 0.950. The lowest BCUT2D eigenvalue weighted by Gasteiger charge is -2.19. The van der Waals surface area contributed by atoms with Gasteiger partial charge in [0.2, 0.25) is 0 Å². The summed E-state index contributed by atoms with van der Waals surface area (Å²) in [5.74, 6) is 0. The van der Waals surface area contributed by atoms with Gasteiger partial charge in [0.25, 0.3) is 5.56 Å². The van der Waals surface area contributed by atoms with Crippen LogP contribution in [0.3, 0.4) is 0 Å². The maximum atomic E-state index is 11.0. The summed E-state index contributed by atoms with van der Waals surface area (Å²) in [6.07, 6.45) is 0. The van der Waals surface area contributed by atoms with Crippen LogP contribution in [0.5, 0.6) is 0 Å². The van der Waals surface area contributed by atoms with Crippen LogP contribution < -0.4 is 11.2 Å². The molecule has 1 aromatic heterocycles. The van der Waals surface area contributed by atoms with E-state index in [1.807, 2.05) is 0 Å². The summed E-state index contributed by atoms with van der Waals surface area (Å²) < 4.78 is 0. The second-order valence-corrected chi connectivity index (χ2v) is 3.34. The average molecular weight is 229 g/mol. The Balaban J connectivity index is 2.76. The minimum atomic E-state index is -0.560. The zero-order chi connectivity index (χ0) is 12.0. The number of H-pyrrole nitrogens is 2. The van der Waals surface area contributed by atoms with Crippen LogP contribution in [0.15, 0.2) is 15.7 Å². The maximum absolute atomic E-state index is 11.0. The van der Waals surface area contributed by atoms with Crippen LogP contribution in [0.25, 0.3) is 0 Å². The van der Waals surface area contributed by atoms with Crippen molar-refractivity contribution in [3.05, 3.63) is 32.6 Å². The van der Waals surface area contributed by atoms with E-state index < -0.39 is 11.2 Å². The molecule has 7 nitrogen and oxygen atoms in total. The average Bonchev–Trinajstić information content (AvgIpc) is 2.16. The molecule has 0 bridgehead atoms. The first-order valence-electron chi connectivity index (χ1n) is 4.92. The van der Waals surface area contributed by atoms with Crippen LogP contribution in [0.2, 0.25) is 0 Å². The van der Waals surface area contributed by atoms with Crippen molar-refractivity contribution in [2.24, 2.45) is 0 Å². The number of hydrogen-bond donors (Lipinski definition) is 4. The number of hydrogen-bond acceptors (Lipinski definition) is 5. The minimum absolute atomic E-state index is 0.0482. The molecule has 0 aromatic carbocycles. The Morgan fingerprint density at radius 1 is 1.12 bits per heavy atom. The summed E-state index contributed by atoms with van der Waals surface area (Å²) >= 11 is 0. The van der Waals surface area contributed by atoms with Crippen molar-refractivity contribution >= 4 is 0 Å². The van der Waals surface area contributed by atoms with Crippen molar-refractivity contribution in [1.29, 1.82) is 0 Å². The smallest absolute Gasteiger partial charge is 0.325 e. The first-order valence-corrected chi connectivity index (χ1v) is 4.92. The van der Waals surface area contributed by atoms with Gasteiger partial charge in [0.1, 0.15) is 0 Å². The molecule has 90 valence electrons. The van der Waals surface area contributed by atoms with E-state index in [4.69, 9.17) is 10.2 Å². The Morgan fingerprint density at radius 2 is 1.75 bits per heavy atom. The monoisotopic (exact) mass is 229 g/mol. The van der Waals surface area contributed by atoms with E-state index in [0.29, 0.717) is 25.3 Å². The fourth-order valence-corrected chi connectivity index (χ4v) is 1.40. The van der Waals surface area contributed by atoms with Crippen LogP contribution in [0, 0.1) is 0 Å². The maximum Gasteiger partial charge on any atom is 0.325 e. The van der Waals surface area contributed by atoms with Gasteiger partial charge in [0.15, 0.2) is 0 Å². The molecular formula is C9H15N3O4. The molecule has 0 aliphatic heterocycles. The molecule has 7 heteroatoms. The van der Waals surface area contributed by atoms with Gasteiger partial charge in [-0.1, -0.05) is 0 Å². The summed E-state index contributed by atoms with van der Waals surface area (Å²) in [5, 5.41) is 17.6. The normalized spacial score (nSPS) is 10.9. The van der Waals surface area contributed by atoms with Gasteiger partial charge >= 0.3 is 5.69 Å². The van der Waals surface area contributed by atoms with Gasteiger partial charge in [-0.3, -0.25) is 14.7 Å². The van der Waals surface area contributed by atoms with E-state index in [1.165, 1.54) is 6.07 Å². The molecule has 16 heavy (non-hydrogen) atoms. The highest BCUT2D eigenvalue weighted by atomic mass is 16.3. The Kier molecular flexibility index (Phi) is 4.90. The summed E-state index contributed by atoms with van der Waals surface area (Å²) in [5.41, 5.74) is -0.571. The molecule has 0 amide bonds. The van der Waals surface area contributed by atoms with Gasteiger partial charge in [-0.2, -0.15) is 0 Å². The predicted molar refractivity (Wildman–Crippen MR) is 57.1 cm³/mol. The molecule has 0 aliphatic carbocycles. The van der Waals surface area contributed by atoms with E-state index in [2.05, 4.69) is 9.97 Å². The number of rotatable bonds is 6. The van der Waals surface area contributed by atoms with Crippen molar-refractivity contribution in [2.75, 3.05) is 26.3 Å². The van der Waals surface area contributed by atoms with Crippen LogP contribution in [0.1, 0.15) is 5.69 Å². The van der Waals surface area contributed by atoms with Crippen molar-refractivity contribution in [1.82, 2.24) is 14.9 Å². The van der Waals surface area contributed by atoms with Gasteiger partial charge in [0.05, 0.1) is 13.2 Å². The Morgan fingerprint density at radius 3 is 2.25 bits per heavy atom. The number of aromatic amines is 2. The van der Waals surface area contributed by atoms with Gasteiger partial charge in [-0.25, -0.2) is 4.79 Å². The molecule has 0 spiro atoms. The Hall–Kier alpha value is -1.44. The fraction of sp³-hybridized carbons (Fsp3) is 0.556. The van der Waals surface area contributed by atoms with E-state index in [9.17, 15) is 9.59 Å². The molecule has 1 heterocycles. The van der Waals surface area contributed by atoms with Crippen LogP contribution in [-0.4, -0.2) is 51.4 Å². The zero-order valence-corrected chi connectivity index (χ0v) is 8.77. The highest BCUT2D eigenvalue weighted by molar-refractivity contribution is 4.98. The van der Waals surface area contributed by atoms with Crippen LogP contribution in [0.4, 0.5) is 0 Å². The highest BCUT2D eigenvalue weighted by Gasteiger charge is 2.06. The van der Waals surface area contributed by atoms with E-state index >= 15 is 0 Å².